The van der Waals surface area contributed by atoms with Crippen molar-refractivity contribution in [2.24, 2.45) is 0 Å². The van der Waals surface area contributed by atoms with Crippen LogP contribution in [-0.4, -0.2) is 86.4 Å². The molecule has 164 valence electrons. The van der Waals surface area contributed by atoms with Crippen LogP contribution in [0.15, 0.2) is 12.2 Å². The lowest BCUT2D eigenvalue weighted by atomic mass is 10.2. The average Bonchev–Trinajstić information content (AvgIpc) is 3.02. The van der Waals surface area contributed by atoms with Gasteiger partial charge in [-0.15, -0.1) is 0 Å². The normalized spacial score (nSPS) is 13.2. The second-order valence-corrected chi connectivity index (χ2v) is 6.24. The Labute approximate surface area is 170 Å². The highest BCUT2D eigenvalue weighted by Crippen LogP contribution is 2.04. The zero-order valence-corrected chi connectivity index (χ0v) is 16.6. The topological polar surface area (TPSA) is 131 Å². The summed E-state index contributed by atoms with van der Waals surface area (Å²) in [6.07, 6.45) is 4.95. The van der Waals surface area contributed by atoms with Crippen LogP contribution in [0.25, 0.3) is 0 Å². The molecule has 0 aromatic carbocycles. The van der Waals surface area contributed by atoms with Gasteiger partial charge in [-0.1, -0.05) is 6.42 Å². The van der Waals surface area contributed by atoms with E-state index >= 15 is 0 Å². The van der Waals surface area contributed by atoms with Crippen molar-refractivity contribution in [3.05, 3.63) is 12.2 Å². The van der Waals surface area contributed by atoms with E-state index in [-0.39, 0.29) is 44.7 Å². The molecule has 0 saturated heterocycles. The molecule has 0 unspecified atom stereocenters. The molecule has 0 spiro atoms. The van der Waals surface area contributed by atoms with Gasteiger partial charge in [-0.3, -0.25) is 24.1 Å². The van der Waals surface area contributed by atoms with Crippen LogP contribution in [0.2, 0.25) is 0 Å². The molecule has 0 fully saturated rings. The van der Waals surface area contributed by atoms with E-state index in [0.717, 1.165) is 11.3 Å². The number of ether oxygens (including phenoxy) is 3. The van der Waals surface area contributed by atoms with Crippen LogP contribution in [-0.2, 0) is 33.4 Å². The van der Waals surface area contributed by atoms with Crippen molar-refractivity contribution in [2.75, 3.05) is 52.7 Å². The van der Waals surface area contributed by atoms with Gasteiger partial charge < -0.3 is 24.6 Å². The molecule has 0 atom stereocenters. The number of carbonyl (C=O) groups is 4. The molecule has 1 aliphatic rings. The summed E-state index contributed by atoms with van der Waals surface area (Å²) in [7, 11) is 0. The number of nitrogens with zero attached hydrogens (tertiary/aromatic N) is 1. The van der Waals surface area contributed by atoms with Gasteiger partial charge in [0, 0.05) is 44.7 Å². The molecule has 0 aliphatic carbocycles. The van der Waals surface area contributed by atoms with Crippen molar-refractivity contribution in [1.82, 2.24) is 10.2 Å². The molecular formula is C19H30N2O8. The first-order valence-electron chi connectivity index (χ1n) is 9.77. The molecule has 0 bridgehead atoms. The summed E-state index contributed by atoms with van der Waals surface area (Å²) in [6.45, 7) is 1.96. The van der Waals surface area contributed by atoms with Gasteiger partial charge in [-0.25, -0.2) is 0 Å². The van der Waals surface area contributed by atoms with Gasteiger partial charge in [0.25, 0.3) is 11.8 Å². The van der Waals surface area contributed by atoms with E-state index in [1.54, 1.807) is 0 Å². The minimum atomic E-state index is -0.404. The van der Waals surface area contributed by atoms with Crippen molar-refractivity contribution in [3.63, 3.8) is 0 Å². The number of amides is 3. The second-order valence-electron chi connectivity index (χ2n) is 6.24. The van der Waals surface area contributed by atoms with E-state index in [0.29, 0.717) is 45.6 Å². The van der Waals surface area contributed by atoms with Crippen LogP contribution < -0.4 is 5.32 Å². The predicted octanol–water partition coefficient (Wildman–Crippen LogP) is -0.453. The monoisotopic (exact) mass is 414 g/mol. The Morgan fingerprint density at radius 2 is 1.55 bits per heavy atom. The molecule has 0 saturated carbocycles. The molecule has 0 radical (unpaired) electrons. The molecule has 29 heavy (non-hydrogen) atoms. The molecule has 1 heterocycles. The van der Waals surface area contributed by atoms with Crippen LogP contribution >= 0.6 is 0 Å². The van der Waals surface area contributed by atoms with Crippen molar-refractivity contribution in [2.45, 2.75) is 32.1 Å². The van der Waals surface area contributed by atoms with Gasteiger partial charge in [-0.2, -0.15) is 0 Å². The Morgan fingerprint density at radius 3 is 2.24 bits per heavy atom. The maximum Gasteiger partial charge on any atom is 0.305 e. The van der Waals surface area contributed by atoms with Crippen LogP contribution in [0.4, 0.5) is 0 Å². The van der Waals surface area contributed by atoms with Gasteiger partial charge in [0.05, 0.1) is 26.4 Å². The van der Waals surface area contributed by atoms with Crippen LogP contribution in [0.3, 0.4) is 0 Å². The maximum absolute atomic E-state index is 11.7. The first kappa shape index (κ1) is 24.7. The standard InChI is InChI=1S/C19H30N2O8/c22-10-3-1-2-4-19(26)29-15-14-28-13-12-27-11-8-20-16(23)7-9-21-17(24)5-6-18(21)25/h5-6,22H,1-4,7-15H2,(H,20,23). The van der Waals surface area contributed by atoms with Crippen LogP contribution in [0.1, 0.15) is 32.1 Å². The molecule has 1 aliphatic heterocycles. The highest BCUT2D eigenvalue weighted by molar-refractivity contribution is 6.13. The van der Waals surface area contributed by atoms with Gasteiger partial charge >= 0.3 is 5.97 Å². The summed E-state index contributed by atoms with van der Waals surface area (Å²) >= 11 is 0. The first-order chi connectivity index (χ1) is 14.0. The zero-order valence-electron chi connectivity index (χ0n) is 16.6. The van der Waals surface area contributed by atoms with Crippen LogP contribution in [0.5, 0.6) is 0 Å². The van der Waals surface area contributed by atoms with Gasteiger partial charge in [0.1, 0.15) is 6.61 Å². The third-order valence-electron chi connectivity index (χ3n) is 3.93. The third-order valence-corrected chi connectivity index (χ3v) is 3.93. The largest absolute Gasteiger partial charge is 0.463 e. The number of hydrogen-bond acceptors (Lipinski definition) is 8. The highest BCUT2D eigenvalue weighted by atomic mass is 16.6. The van der Waals surface area contributed by atoms with Crippen LogP contribution in [0, 0.1) is 0 Å². The number of hydrogen-bond donors (Lipinski definition) is 2. The minimum absolute atomic E-state index is 0.0441. The van der Waals surface area contributed by atoms with E-state index in [4.69, 9.17) is 19.3 Å². The summed E-state index contributed by atoms with van der Waals surface area (Å²) in [4.78, 5) is 46.7. The summed E-state index contributed by atoms with van der Waals surface area (Å²) in [5.41, 5.74) is 0. The van der Waals surface area contributed by atoms with Crippen molar-refractivity contribution >= 4 is 23.7 Å². The number of aliphatic hydroxyl groups excluding tert-OH is 1. The van der Waals surface area contributed by atoms with Gasteiger partial charge in [0.15, 0.2) is 0 Å². The first-order valence-corrected chi connectivity index (χ1v) is 9.77. The molecule has 2 N–H and O–H groups in total. The molecule has 0 aromatic rings. The molecule has 1 rings (SSSR count). The third kappa shape index (κ3) is 12.0. The Balaban J connectivity index is 1.85. The molecule has 10 heteroatoms. The SMILES string of the molecule is O=C(CCN1C(=O)C=CC1=O)NCCOCCOCCOC(=O)CCCCCO. The minimum Gasteiger partial charge on any atom is -0.463 e. The Morgan fingerprint density at radius 1 is 0.897 bits per heavy atom. The number of imide groups is 1. The summed E-state index contributed by atoms with van der Waals surface area (Å²) in [5.74, 6) is -1.35. The number of aliphatic hydroxyl groups is 1. The Hall–Kier alpha value is -2.30. The number of unbranched alkanes of at least 4 members (excludes halogenated alkanes) is 2. The van der Waals surface area contributed by atoms with Crippen molar-refractivity contribution in [3.8, 4) is 0 Å². The van der Waals surface area contributed by atoms with E-state index in [1.807, 2.05) is 0 Å². The van der Waals surface area contributed by atoms with Gasteiger partial charge in [-0.05, 0) is 12.8 Å². The van der Waals surface area contributed by atoms with Crippen molar-refractivity contribution in [1.29, 1.82) is 0 Å². The number of rotatable bonds is 17. The van der Waals surface area contributed by atoms with E-state index in [9.17, 15) is 19.2 Å². The summed E-state index contributed by atoms with van der Waals surface area (Å²) < 4.78 is 15.6. The average molecular weight is 414 g/mol. The molecular weight excluding hydrogens is 384 g/mol. The highest BCUT2D eigenvalue weighted by Gasteiger charge is 2.23. The maximum atomic E-state index is 11.7. The van der Waals surface area contributed by atoms with E-state index in [1.165, 1.54) is 12.2 Å². The fourth-order valence-corrected chi connectivity index (χ4v) is 2.38. The quantitative estimate of drug-likeness (QED) is 0.186. The number of carbonyl (C=O) groups excluding carboxylic acids is 4. The number of nitrogens with one attached hydrogen (secondary N) is 1. The zero-order chi connectivity index (χ0) is 21.3. The molecule has 0 aromatic heterocycles. The second kappa shape index (κ2) is 15.6. The fourth-order valence-electron chi connectivity index (χ4n) is 2.38. The van der Waals surface area contributed by atoms with Crippen molar-refractivity contribution < 1.29 is 38.5 Å². The summed E-state index contributed by atoms with van der Waals surface area (Å²) in [6, 6.07) is 0. The lowest BCUT2D eigenvalue weighted by Gasteiger charge is -2.13. The molecule has 10 nitrogen and oxygen atoms in total. The van der Waals surface area contributed by atoms with Gasteiger partial charge in [0.2, 0.25) is 5.91 Å². The summed E-state index contributed by atoms with van der Waals surface area (Å²) in [5, 5.41) is 11.3. The molecule has 3 amide bonds. The smallest absolute Gasteiger partial charge is 0.305 e. The predicted molar refractivity (Wildman–Crippen MR) is 102 cm³/mol. The fraction of sp³-hybridized carbons (Fsp3) is 0.684. The lowest BCUT2D eigenvalue weighted by molar-refractivity contribution is -0.145. The lowest BCUT2D eigenvalue weighted by Crippen LogP contribution is -2.35. The number of esters is 1. The Bertz CT molecular complexity index is 546. The Kier molecular flexibility index (Phi) is 13.3. The van der Waals surface area contributed by atoms with E-state index in [2.05, 4.69) is 5.32 Å². The van der Waals surface area contributed by atoms with E-state index < -0.39 is 11.8 Å².